The van der Waals surface area contributed by atoms with Crippen molar-refractivity contribution < 1.29 is 14.3 Å². The lowest BCUT2D eigenvalue weighted by Crippen LogP contribution is -2.16. The van der Waals surface area contributed by atoms with Crippen molar-refractivity contribution in [3.8, 4) is 5.75 Å². The monoisotopic (exact) mass is 379 g/mol. The van der Waals surface area contributed by atoms with E-state index in [-0.39, 0.29) is 30.9 Å². The highest BCUT2D eigenvalue weighted by molar-refractivity contribution is 5.71. The summed E-state index contributed by atoms with van der Waals surface area (Å²) in [6, 6.07) is 15.1. The van der Waals surface area contributed by atoms with E-state index in [9.17, 15) is 4.79 Å². The average Bonchev–Trinajstić information content (AvgIpc) is 2.67. The van der Waals surface area contributed by atoms with Crippen LogP contribution in [0.15, 0.2) is 48.5 Å². The number of carbonyl (C=O) groups is 1. The fourth-order valence-corrected chi connectivity index (χ4v) is 2.43. The summed E-state index contributed by atoms with van der Waals surface area (Å²) in [5.41, 5.74) is 8.56. The molecule has 8 nitrogen and oxygen atoms in total. The molecule has 0 spiro atoms. The molecule has 0 amide bonds. The van der Waals surface area contributed by atoms with Crippen molar-refractivity contribution in [3.05, 3.63) is 65.5 Å². The third kappa shape index (κ3) is 5.16. The molecule has 1 heterocycles. The number of esters is 1. The van der Waals surface area contributed by atoms with Gasteiger partial charge in [-0.05, 0) is 37.1 Å². The number of carbonyl (C=O) groups excluding carboxylic acids is 1. The number of hydrogen-bond acceptors (Lipinski definition) is 8. The first-order valence-corrected chi connectivity index (χ1v) is 8.68. The Balaban J connectivity index is 1.58. The van der Waals surface area contributed by atoms with Crippen LogP contribution in [0.25, 0.3) is 0 Å². The third-order valence-electron chi connectivity index (χ3n) is 3.89. The van der Waals surface area contributed by atoms with E-state index < -0.39 is 5.97 Å². The van der Waals surface area contributed by atoms with Gasteiger partial charge >= 0.3 is 5.97 Å². The first kappa shape index (κ1) is 19.1. The summed E-state index contributed by atoms with van der Waals surface area (Å²) in [6.45, 7) is 3.52. The van der Waals surface area contributed by atoms with Crippen molar-refractivity contribution in [2.45, 2.75) is 20.5 Å². The maximum absolute atomic E-state index is 11.9. The molecule has 28 heavy (non-hydrogen) atoms. The number of aromatic nitrogens is 3. The number of nitrogen functional groups attached to an aromatic ring is 1. The van der Waals surface area contributed by atoms with Crippen LogP contribution in [-0.4, -0.2) is 27.5 Å². The van der Waals surface area contributed by atoms with Gasteiger partial charge in [0.1, 0.15) is 5.75 Å². The Hall–Kier alpha value is -3.68. The number of hydrogen-bond donors (Lipinski definition) is 2. The van der Waals surface area contributed by atoms with E-state index in [2.05, 4.69) is 20.3 Å². The highest BCUT2D eigenvalue weighted by Gasteiger charge is 2.10. The van der Waals surface area contributed by atoms with E-state index in [0.717, 1.165) is 16.8 Å². The molecule has 0 aliphatic heterocycles. The number of para-hydroxylation sites is 2. The lowest BCUT2D eigenvalue weighted by atomic mass is 10.2. The van der Waals surface area contributed by atoms with Crippen LogP contribution >= 0.6 is 0 Å². The molecule has 3 rings (SSSR count). The van der Waals surface area contributed by atoms with Gasteiger partial charge in [-0.1, -0.05) is 36.4 Å². The molecule has 3 N–H and O–H groups in total. The maximum atomic E-state index is 11.9. The van der Waals surface area contributed by atoms with Gasteiger partial charge in [-0.25, -0.2) is 4.79 Å². The van der Waals surface area contributed by atoms with Gasteiger partial charge in [-0.3, -0.25) is 0 Å². The zero-order valence-corrected chi connectivity index (χ0v) is 15.7. The van der Waals surface area contributed by atoms with Crippen LogP contribution in [0.5, 0.6) is 5.75 Å². The van der Waals surface area contributed by atoms with Gasteiger partial charge in [0, 0.05) is 5.69 Å². The van der Waals surface area contributed by atoms with E-state index >= 15 is 0 Å². The molecule has 0 saturated heterocycles. The van der Waals surface area contributed by atoms with Gasteiger partial charge in [-0.2, -0.15) is 15.0 Å². The van der Waals surface area contributed by atoms with Crippen LogP contribution < -0.4 is 15.8 Å². The summed E-state index contributed by atoms with van der Waals surface area (Å²) >= 11 is 0. The van der Waals surface area contributed by atoms with E-state index in [4.69, 9.17) is 15.2 Å². The largest absolute Gasteiger partial charge is 0.482 e. The molecule has 0 aliphatic carbocycles. The zero-order valence-electron chi connectivity index (χ0n) is 15.7. The predicted molar refractivity (Wildman–Crippen MR) is 105 cm³/mol. The van der Waals surface area contributed by atoms with Crippen LogP contribution in [0.4, 0.5) is 17.6 Å². The predicted octanol–water partition coefficient (Wildman–Crippen LogP) is 2.94. The van der Waals surface area contributed by atoms with Crippen molar-refractivity contribution in [2.24, 2.45) is 0 Å². The van der Waals surface area contributed by atoms with Crippen molar-refractivity contribution in [3.63, 3.8) is 0 Å². The lowest BCUT2D eigenvalue weighted by Gasteiger charge is -2.10. The standard InChI is InChI=1S/C20H21N5O3/c1-13-7-3-5-9-15(13)22-20-24-17(23-19(21)25-20)11-28-18(26)12-27-16-10-6-4-8-14(16)2/h3-10H,11-12H2,1-2H3,(H3,21,22,23,24,25). The summed E-state index contributed by atoms with van der Waals surface area (Å²) in [4.78, 5) is 24.2. The van der Waals surface area contributed by atoms with Gasteiger partial charge < -0.3 is 20.5 Å². The molecule has 144 valence electrons. The minimum atomic E-state index is -0.532. The summed E-state index contributed by atoms with van der Waals surface area (Å²) in [6.07, 6.45) is 0. The second kappa shape index (κ2) is 8.81. The minimum absolute atomic E-state index is 0.0355. The van der Waals surface area contributed by atoms with E-state index in [1.54, 1.807) is 6.07 Å². The fourth-order valence-electron chi connectivity index (χ4n) is 2.43. The molecule has 0 aliphatic rings. The summed E-state index contributed by atoms with van der Waals surface area (Å²) in [7, 11) is 0. The minimum Gasteiger partial charge on any atom is -0.482 e. The first-order chi connectivity index (χ1) is 13.5. The molecule has 0 radical (unpaired) electrons. The summed E-state index contributed by atoms with van der Waals surface area (Å²) in [5.74, 6) is 0.661. The second-order valence-electron chi connectivity index (χ2n) is 6.09. The number of aryl methyl sites for hydroxylation is 2. The molecule has 1 aromatic heterocycles. The van der Waals surface area contributed by atoms with Gasteiger partial charge in [0.05, 0.1) is 0 Å². The van der Waals surface area contributed by atoms with Crippen molar-refractivity contribution >= 4 is 23.6 Å². The van der Waals surface area contributed by atoms with Crippen molar-refractivity contribution in [1.82, 2.24) is 15.0 Å². The number of benzene rings is 2. The highest BCUT2D eigenvalue weighted by Crippen LogP contribution is 2.18. The number of rotatable bonds is 7. The highest BCUT2D eigenvalue weighted by atomic mass is 16.6. The normalized spacial score (nSPS) is 10.4. The van der Waals surface area contributed by atoms with Crippen LogP contribution in [0.3, 0.4) is 0 Å². The SMILES string of the molecule is Cc1ccccc1Nc1nc(N)nc(COC(=O)COc2ccccc2C)n1. The molecule has 2 aromatic carbocycles. The van der Waals surface area contributed by atoms with Crippen molar-refractivity contribution in [1.29, 1.82) is 0 Å². The van der Waals surface area contributed by atoms with Gasteiger partial charge in [-0.15, -0.1) is 0 Å². The summed E-state index contributed by atoms with van der Waals surface area (Å²) in [5, 5.41) is 3.09. The Morgan fingerprint density at radius 2 is 1.71 bits per heavy atom. The van der Waals surface area contributed by atoms with E-state index in [0.29, 0.717) is 5.75 Å². The number of anilines is 3. The Kier molecular flexibility index (Phi) is 6.01. The quantitative estimate of drug-likeness (QED) is 0.603. The maximum Gasteiger partial charge on any atom is 0.344 e. The average molecular weight is 379 g/mol. The van der Waals surface area contributed by atoms with E-state index in [1.807, 2.05) is 56.3 Å². The third-order valence-corrected chi connectivity index (χ3v) is 3.89. The molecular weight excluding hydrogens is 358 g/mol. The van der Waals surface area contributed by atoms with Crippen molar-refractivity contribution in [2.75, 3.05) is 17.7 Å². The van der Waals surface area contributed by atoms with Crippen LogP contribution in [-0.2, 0) is 16.1 Å². The van der Waals surface area contributed by atoms with E-state index in [1.165, 1.54) is 0 Å². The zero-order chi connectivity index (χ0) is 19.9. The van der Waals surface area contributed by atoms with Gasteiger partial charge in [0.25, 0.3) is 0 Å². The Morgan fingerprint density at radius 1 is 1.00 bits per heavy atom. The van der Waals surface area contributed by atoms with Crippen LogP contribution in [0.2, 0.25) is 0 Å². The fraction of sp³-hybridized carbons (Fsp3) is 0.200. The van der Waals surface area contributed by atoms with Crippen LogP contribution in [0.1, 0.15) is 17.0 Å². The molecule has 3 aromatic rings. The Bertz CT molecular complexity index is 978. The first-order valence-electron chi connectivity index (χ1n) is 8.68. The second-order valence-corrected chi connectivity index (χ2v) is 6.09. The smallest absolute Gasteiger partial charge is 0.344 e. The molecule has 0 saturated carbocycles. The number of nitrogens with one attached hydrogen (secondary N) is 1. The molecule has 8 heteroatoms. The van der Waals surface area contributed by atoms with Crippen LogP contribution in [0, 0.1) is 13.8 Å². The molecule has 0 bridgehead atoms. The van der Waals surface area contributed by atoms with Gasteiger partial charge in [0.2, 0.25) is 11.9 Å². The summed E-state index contributed by atoms with van der Waals surface area (Å²) < 4.78 is 10.6. The number of nitrogens with zero attached hydrogens (tertiary/aromatic N) is 3. The topological polar surface area (TPSA) is 112 Å². The Labute approximate surface area is 162 Å². The lowest BCUT2D eigenvalue weighted by molar-refractivity contribution is -0.147. The molecular formula is C20H21N5O3. The number of nitrogens with two attached hydrogens (primary N) is 1. The Morgan fingerprint density at radius 3 is 2.46 bits per heavy atom. The molecule has 0 atom stereocenters. The number of ether oxygens (including phenoxy) is 2. The molecule has 0 fully saturated rings. The molecule has 0 unspecified atom stereocenters. The van der Waals surface area contributed by atoms with Gasteiger partial charge in [0.15, 0.2) is 19.0 Å².